The zero-order valence-corrected chi connectivity index (χ0v) is 6.88. The molecule has 64 valence electrons. The molecule has 0 saturated carbocycles. The Labute approximate surface area is 62.8 Å². The summed E-state index contributed by atoms with van der Waals surface area (Å²) >= 11 is 0. The second-order valence-corrected chi connectivity index (χ2v) is 2.34. The molecule has 0 radical (unpaired) electrons. The molecule has 0 aromatic heterocycles. The summed E-state index contributed by atoms with van der Waals surface area (Å²) < 4.78 is 0. The van der Waals surface area contributed by atoms with Crippen LogP contribution in [0.15, 0.2) is 0 Å². The SMILES string of the molecule is CCCCCC(C)O.NO. The highest BCUT2D eigenvalue weighted by Gasteiger charge is 1.92. The van der Waals surface area contributed by atoms with Crippen molar-refractivity contribution in [1.82, 2.24) is 0 Å². The number of hydrogen-bond donors (Lipinski definition) is 3. The van der Waals surface area contributed by atoms with Gasteiger partial charge in [-0.3, -0.25) is 0 Å². The summed E-state index contributed by atoms with van der Waals surface area (Å²) in [7, 11) is 0. The van der Waals surface area contributed by atoms with Crippen molar-refractivity contribution in [3.63, 3.8) is 0 Å². The van der Waals surface area contributed by atoms with Gasteiger partial charge >= 0.3 is 0 Å². The zero-order valence-electron chi connectivity index (χ0n) is 6.88. The minimum atomic E-state index is -0.0958. The molecule has 0 aromatic rings. The van der Waals surface area contributed by atoms with Gasteiger partial charge in [-0.15, -0.1) is 0 Å². The smallest absolute Gasteiger partial charge is 0.0512 e. The fourth-order valence-electron chi connectivity index (χ4n) is 0.690. The molecule has 0 aliphatic carbocycles. The molecule has 0 heterocycles. The van der Waals surface area contributed by atoms with Crippen molar-refractivity contribution in [2.24, 2.45) is 5.90 Å². The first kappa shape index (κ1) is 12.5. The van der Waals surface area contributed by atoms with Crippen molar-refractivity contribution in [3.05, 3.63) is 0 Å². The zero-order chi connectivity index (χ0) is 8.41. The van der Waals surface area contributed by atoms with E-state index in [4.69, 9.17) is 10.3 Å². The molecule has 0 aromatic carbocycles. The summed E-state index contributed by atoms with van der Waals surface area (Å²) in [6, 6.07) is 0. The average Bonchev–Trinajstić information content (AvgIpc) is 1.92. The summed E-state index contributed by atoms with van der Waals surface area (Å²) in [5.41, 5.74) is 0. The molecule has 1 atom stereocenters. The Morgan fingerprint density at radius 1 is 1.30 bits per heavy atom. The molecule has 10 heavy (non-hydrogen) atoms. The molecule has 0 rings (SSSR count). The lowest BCUT2D eigenvalue weighted by molar-refractivity contribution is 0.180. The second-order valence-electron chi connectivity index (χ2n) is 2.34. The summed E-state index contributed by atoms with van der Waals surface area (Å²) in [5, 5.41) is 15.3. The van der Waals surface area contributed by atoms with Crippen LogP contribution in [0.2, 0.25) is 0 Å². The van der Waals surface area contributed by atoms with Gasteiger partial charge in [0.15, 0.2) is 0 Å². The van der Waals surface area contributed by atoms with Gasteiger partial charge in [0.2, 0.25) is 0 Å². The third-order valence-electron chi connectivity index (χ3n) is 1.23. The standard InChI is InChI=1S/C7H16O.H3NO/c1-3-4-5-6-7(2)8;1-2/h7-8H,3-6H2,1-2H3;2H,1H2. The highest BCUT2D eigenvalue weighted by molar-refractivity contribution is 4.45. The number of aliphatic hydroxyl groups is 1. The maximum absolute atomic E-state index is 8.78. The van der Waals surface area contributed by atoms with Gasteiger partial charge in [-0.1, -0.05) is 26.2 Å². The molecule has 0 saturated heterocycles. The molecular formula is C7H19NO2. The van der Waals surface area contributed by atoms with Gasteiger partial charge in [-0.05, 0) is 13.3 Å². The Balaban J connectivity index is 0. The van der Waals surface area contributed by atoms with E-state index in [0.717, 1.165) is 6.42 Å². The molecular weight excluding hydrogens is 130 g/mol. The third kappa shape index (κ3) is 15.7. The molecule has 1 unspecified atom stereocenters. The van der Waals surface area contributed by atoms with Crippen LogP contribution in [0.25, 0.3) is 0 Å². The summed E-state index contributed by atoms with van der Waals surface area (Å²) in [6.45, 7) is 4.01. The van der Waals surface area contributed by atoms with E-state index in [1.165, 1.54) is 19.3 Å². The van der Waals surface area contributed by atoms with Gasteiger partial charge in [-0.2, -0.15) is 0 Å². The fraction of sp³-hybridized carbons (Fsp3) is 1.00. The lowest BCUT2D eigenvalue weighted by Crippen LogP contribution is -1.97. The van der Waals surface area contributed by atoms with Crippen LogP contribution in [0.4, 0.5) is 0 Å². The van der Waals surface area contributed by atoms with E-state index < -0.39 is 0 Å². The first-order valence-electron chi connectivity index (χ1n) is 3.71. The van der Waals surface area contributed by atoms with Gasteiger partial charge < -0.3 is 10.3 Å². The summed E-state index contributed by atoms with van der Waals surface area (Å²) in [5.74, 6) is 3.50. The summed E-state index contributed by atoms with van der Waals surface area (Å²) in [4.78, 5) is 0. The van der Waals surface area contributed by atoms with Crippen LogP contribution < -0.4 is 5.90 Å². The lowest BCUT2D eigenvalue weighted by atomic mass is 10.1. The predicted octanol–water partition coefficient (Wildman–Crippen LogP) is 1.28. The number of aliphatic hydroxyl groups excluding tert-OH is 1. The molecule has 0 aliphatic rings. The van der Waals surface area contributed by atoms with Crippen LogP contribution in [0.3, 0.4) is 0 Å². The maximum Gasteiger partial charge on any atom is 0.0512 e. The van der Waals surface area contributed by atoms with E-state index in [2.05, 4.69) is 12.8 Å². The van der Waals surface area contributed by atoms with Crippen LogP contribution >= 0.6 is 0 Å². The van der Waals surface area contributed by atoms with E-state index in [-0.39, 0.29) is 6.10 Å². The van der Waals surface area contributed by atoms with Gasteiger partial charge in [0.05, 0.1) is 6.10 Å². The van der Waals surface area contributed by atoms with Crippen LogP contribution in [-0.2, 0) is 0 Å². The lowest BCUT2D eigenvalue weighted by Gasteiger charge is -2.00. The quantitative estimate of drug-likeness (QED) is 0.416. The Bertz CT molecular complexity index is 48.9. The first-order valence-corrected chi connectivity index (χ1v) is 3.71. The van der Waals surface area contributed by atoms with Crippen molar-refractivity contribution in [2.75, 3.05) is 0 Å². The van der Waals surface area contributed by atoms with E-state index in [0.29, 0.717) is 0 Å². The van der Waals surface area contributed by atoms with Crippen LogP contribution in [0.1, 0.15) is 39.5 Å². The van der Waals surface area contributed by atoms with Crippen LogP contribution in [-0.4, -0.2) is 16.4 Å². The Kier molecular flexibility index (Phi) is 14.6. The van der Waals surface area contributed by atoms with Crippen molar-refractivity contribution in [3.8, 4) is 0 Å². The van der Waals surface area contributed by atoms with Crippen molar-refractivity contribution >= 4 is 0 Å². The number of unbranched alkanes of at least 4 members (excludes halogenated alkanes) is 2. The fourth-order valence-corrected chi connectivity index (χ4v) is 0.690. The second kappa shape index (κ2) is 11.6. The molecule has 0 spiro atoms. The van der Waals surface area contributed by atoms with Crippen molar-refractivity contribution < 1.29 is 10.3 Å². The minimum absolute atomic E-state index is 0.0958. The largest absolute Gasteiger partial charge is 0.393 e. The number of rotatable bonds is 4. The van der Waals surface area contributed by atoms with E-state index in [1.807, 2.05) is 6.92 Å². The molecule has 3 heteroatoms. The molecule has 0 fully saturated rings. The van der Waals surface area contributed by atoms with Crippen LogP contribution in [0, 0.1) is 0 Å². The maximum atomic E-state index is 8.78. The van der Waals surface area contributed by atoms with E-state index in [9.17, 15) is 0 Å². The van der Waals surface area contributed by atoms with Gasteiger partial charge in [0.1, 0.15) is 0 Å². The van der Waals surface area contributed by atoms with Crippen LogP contribution in [0.5, 0.6) is 0 Å². The van der Waals surface area contributed by atoms with E-state index >= 15 is 0 Å². The van der Waals surface area contributed by atoms with Gasteiger partial charge in [-0.25, -0.2) is 5.90 Å². The Morgan fingerprint density at radius 2 is 1.80 bits per heavy atom. The predicted molar refractivity (Wildman–Crippen MR) is 41.8 cm³/mol. The number of nitrogens with two attached hydrogens (primary N) is 1. The monoisotopic (exact) mass is 149 g/mol. The normalized spacial score (nSPS) is 11.7. The molecule has 0 aliphatic heterocycles. The number of hydrogen-bond acceptors (Lipinski definition) is 3. The third-order valence-corrected chi connectivity index (χ3v) is 1.23. The Morgan fingerprint density at radius 3 is 2.10 bits per heavy atom. The average molecular weight is 149 g/mol. The minimum Gasteiger partial charge on any atom is -0.393 e. The first-order chi connectivity index (χ1) is 4.77. The highest BCUT2D eigenvalue weighted by atomic mass is 16.4. The van der Waals surface area contributed by atoms with Crippen molar-refractivity contribution in [1.29, 1.82) is 0 Å². The van der Waals surface area contributed by atoms with Gasteiger partial charge in [0, 0.05) is 0 Å². The van der Waals surface area contributed by atoms with Crippen molar-refractivity contribution in [2.45, 2.75) is 45.6 Å². The summed E-state index contributed by atoms with van der Waals surface area (Å²) in [6.07, 6.45) is 4.54. The Hall–Kier alpha value is -0.120. The molecule has 4 N–H and O–H groups in total. The molecule has 0 amide bonds. The van der Waals surface area contributed by atoms with E-state index in [1.54, 1.807) is 0 Å². The van der Waals surface area contributed by atoms with Gasteiger partial charge in [0.25, 0.3) is 0 Å². The molecule has 3 nitrogen and oxygen atoms in total. The topological polar surface area (TPSA) is 66.5 Å². The molecule has 0 bridgehead atoms. The highest BCUT2D eigenvalue weighted by Crippen LogP contribution is 2.01.